The maximum Gasteiger partial charge on any atom is 0.0865 e. The van der Waals surface area contributed by atoms with Gasteiger partial charge in [-0.2, -0.15) is 5.10 Å². The van der Waals surface area contributed by atoms with Gasteiger partial charge in [-0.1, -0.05) is 17.7 Å². The predicted octanol–water partition coefficient (Wildman–Crippen LogP) is 3.48. The fraction of sp³-hybridized carbons (Fsp3) is 0.400. The molecule has 2 aromatic rings. The minimum Gasteiger partial charge on any atom is -0.379 e. The molecule has 1 N–H and O–H groups in total. The molecule has 0 radical (unpaired) electrons. The Hall–Kier alpha value is -1.48. The van der Waals surface area contributed by atoms with Gasteiger partial charge in [0.1, 0.15) is 0 Å². The van der Waals surface area contributed by atoms with Crippen LogP contribution in [0.3, 0.4) is 0 Å². The lowest BCUT2D eigenvalue weighted by Gasteiger charge is -2.09. The molecule has 0 saturated heterocycles. The molecule has 3 nitrogen and oxygen atoms in total. The third-order valence-electron chi connectivity index (χ3n) is 3.82. The molecule has 0 spiro atoms. The van der Waals surface area contributed by atoms with E-state index in [0.29, 0.717) is 6.54 Å². The number of hydrogen-bond donors (Lipinski definition) is 1. The predicted molar refractivity (Wildman–Crippen MR) is 78.7 cm³/mol. The van der Waals surface area contributed by atoms with E-state index in [4.69, 9.17) is 11.6 Å². The number of halogens is 1. The van der Waals surface area contributed by atoms with Crippen LogP contribution in [-0.4, -0.2) is 9.78 Å². The van der Waals surface area contributed by atoms with Crippen LogP contribution in [0.4, 0.5) is 5.69 Å². The lowest BCUT2D eigenvalue weighted by molar-refractivity contribution is 0.713. The number of anilines is 1. The Balaban J connectivity index is 1.76. The first-order valence-electron chi connectivity index (χ1n) is 6.69. The van der Waals surface area contributed by atoms with Gasteiger partial charge >= 0.3 is 0 Å². The Morgan fingerprint density at radius 3 is 2.84 bits per heavy atom. The Kier molecular flexibility index (Phi) is 3.23. The molecule has 1 aliphatic carbocycles. The minimum atomic E-state index is 0.703. The number of fused-ring (bicyclic) bond motifs is 1. The number of nitrogens with zero attached hydrogens (tertiary/aromatic N) is 2. The van der Waals surface area contributed by atoms with Gasteiger partial charge in [-0.15, -0.1) is 0 Å². The van der Waals surface area contributed by atoms with E-state index in [1.807, 2.05) is 18.7 Å². The van der Waals surface area contributed by atoms with Gasteiger partial charge in [0.05, 0.1) is 23.0 Å². The van der Waals surface area contributed by atoms with Crippen molar-refractivity contribution in [3.8, 4) is 0 Å². The van der Waals surface area contributed by atoms with Gasteiger partial charge in [0.15, 0.2) is 0 Å². The Bertz CT molecular complexity index is 616. The highest BCUT2D eigenvalue weighted by molar-refractivity contribution is 6.31. The molecule has 1 aromatic carbocycles. The Labute approximate surface area is 118 Å². The third kappa shape index (κ3) is 2.35. The van der Waals surface area contributed by atoms with E-state index in [1.165, 1.54) is 30.4 Å². The van der Waals surface area contributed by atoms with Gasteiger partial charge in [0.2, 0.25) is 0 Å². The first kappa shape index (κ1) is 12.5. The van der Waals surface area contributed by atoms with E-state index in [-0.39, 0.29) is 0 Å². The van der Waals surface area contributed by atoms with Crippen molar-refractivity contribution in [3.63, 3.8) is 0 Å². The van der Waals surface area contributed by atoms with Gasteiger partial charge in [0, 0.05) is 12.7 Å². The zero-order valence-corrected chi connectivity index (χ0v) is 12.1. The van der Waals surface area contributed by atoms with Crippen LogP contribution >= 0.6 is 11.6 Å². The molecule has 1 aromatic heterocycles. The van der Waals surface area contributed by atoms with Crippen LogP contribution in [0.1, 0.15) is 28.9 Å². The van der Waals surface area contributed by atoms with Gasteiger partial charge in [-0.3, -0.25) is 4.68 Å². The van der Waals surface area contributed by atoms with Gasteiger partial charge < -0.3 is 5.32 Å². The van der Waals surface area contributed by atoms with E-state index in [9.17, 15) is 0 Å². The fourth-order valence-corrected chi connectivity index (χ4v) is 2.97. The average molecular weight is 276 g/mol. The molecule has 1 heterocycles. The van der Waals surface area contributed by atoms with E-state index in [1.54, 1.807) is 0 Å². The highest BCUT2D eigenvalue weighted by atomic mass is 35.5. The zero-order chi connectivity index (χ0) is 13.4. The van der Waals surface area contributed by atoms with Crippen LogP contribution in [0.25, 0.3) is 0 Å². The average Bonchev–Trinajstić information content (AvgIpc) is 2.94. The van der Waals surface area contributed by atoms with Crippen molar-refractivity contribution in [2.45, 2.75) is 32.7 Å². The van der Waals surface area contributed by atoms with E-state index in [0.717, 1.165) is 22.1 Å². The third-order valence-corrected chi connectivity index (χ3v) is 4.31. The number of hydrogen-bond acceptors (Lipinski definition) is 2. The summed E-state index contributed by atoms with van der Waals surface area (Å²) in [7, 11) is 1.93. The van der Waals surface area contributed by atoms with Gasteiger partial charge in [-0.05, 0) is 49.4 Å². The van der Waals surface area contributed by atoms with Crippen LogP contribution in [0.5, 0.6) is 0 Å². The van der Waals surface area contributed by atoms with Crippen molar-refractivity contribution in [1.29, 1.82) is 0 Å². The van der Waals surface area contributed by atoms with E-state index in [2.05, 4.69) is 28.6 Å². The van der Waals surface area contributed by atoms with Crippen molar-refractivity contribution in [2.24, 2.45) is 7.05 Å². The topological polar surface area (TPSA) is 29.9 Å². The second-order valence-corrected chi connectivity index (χ2v) is 5.54. The van der Waals surface area contributed by atoms with Crippen LogP contribution in [0.15, 0.2) is 18.2 Å². The SMILES string of the molecule is Cc1nn(C)c(CNc2ccc3c(c2)CCC3)c1Cl. The molecule has 1 aliphatic rings. The number of aryl methyl sites for hydroxylation is 4. The molecule has 0 saturated carbocycles. The quantitative estimate of drug-likeness (QED) is 0.929. The molecular weight excluding hydrogens is 258 g/mol. The second-order valence-electron chi connectivity index (χ2n) is 5.16. The molecule has 4 heteroatoms. The summed E-state index contributed by atoms with van der Waals surface area (Å²) < 4.78 is 1.85. The largest absolute Gasteiger partial charge is 0.379 e. The summed E-state index contributed by atoms with van der Waals surface area (Å²) in [6.07, 6.45) is 3.71. The fourth-order valence-electron chi connectivity index (χ4n) is 2.74. The van der Waals surface area contributed by atoms with Crippen LogP contribution in [0, 0.1) is 6.92 Å². The first-order valence-corrected chi connectivity index (χ1v) is 7.06. The molecule has 0 fully saturated rings. The number of rotatable bonds is 3. The molecule has 100 valence electrons. The van der Waals surface area contributed by atoms with Crippen molar-refractivity contribution >= 4 is 17.3 Å². The van der Waals surface area contributed by atoms with E-state index < -0.39 is 0 Å². The molecule has 0 aliphatic heterocycles. The summed E-state index contributed by atoms with van der Waals surface area (Å²) in [4.78, 5) is 0. The summed E-state index contributed by atoms with van der Waals surface area (Å²) in [5.74, 6) is 0. The Morgan fingerprint density at radius 1 is 1.32 bits per heavy atom. The summed E-state index contributed by atoms with van der Waals surface area (Å²) in [5, 5.41) is 8.53. The van der Waals surface area contributed by atoms with Crippen LogP contribution < -0.4 is 5.32 Å². The normalized spacial score (nSPS) is 13.6. The standard InChI is InChI=1S/C15H18ClN3/c1-10-15(16)14(19(2)18-10)9-17-13-7-6-11-4-3-5-12(11)8-13/h6-8,17H,3-5,9H2,1-2H3. The molecule has 0 unspecified atom stereocenters. The first-order chi connectivity index (χ1) is 9.15. The lowest BCUT2D eigenvalue weighted by atomic mass is 10.1. The molecule has 19 heavy (non-hydrogen) atoms. The summed E-state index contributed by atoms with van der Waals surface area (Å²) in [6.45, 7) is 2.64. The zero-order valence-electron chi connectivity index (χ0n) is 11.3. The number of benzene rings is 1. The van der Waals surface area contributed by atoms with Gasteiger partial charge in [-0.25, -0.2) is 0 Å². The van der Waals surface area contributed by atoms with Crippen molar-refractivity contribution < 1.29 is 0 Å². The number of aromatic nitrogens is 2. The summed E-state index contributed by atoms with van der Waals surface area (Å²) in [6, 6.07) is 6.65. The van der Waals surface area contributed by atoms with Crippen molar-refractivity contribution in [1.82, 2.24) is 9.78 Å². The van der Waals surface area contributed by atoms with Crippen LogP contribution in [0.2, 0.25) is 5.02 Å². The van der Waals surface area contributed by atoms with Crippen LogP contribution in [-0.2, 0) is 26.4 Å². The maximum atomic E-state index is 6.25. The lowest BCUT2D eigenvalue weighted by Crippen LogP contribution is -2.06. The smallest absolute Gasteiger partial charge is 0.0865 e. The maximum absolute atomic E-state index is 6.25. The van der Waals surface area contributed by atoms with Gasteiger partial charge in [0.25, 0.3) is 0 Å². The Morgan fingerprint density at radius 2 is 2.11 bits per heavy atom. The monoisotopic (exact) mass is 275 g/mol. The second kappa shape index (κ2) is 4.89. The van der Waals surface area contributed by atoms with E-state index >= 15 is 0 Å². The highest BCUT2D eigenvalue weighted by Gasteiger charge is 2.12. The highest BCUT2D eigenvalue weighted by Crippen LogP contribution is 2.26. The summed E-state index contributed by atoms with van der Waals surface area (Å²) >= 11 is 6.25. The number of nitrogens with one attached hydrogen (secondary N) is 1. The molecule has 0 amide bonds. The molecule has 3 rings (SSSR count). The molecule has 0 bridgehead atoms. The molecular formula is C15H18ClN3. The summed E-state index contributed by atoms with van der Waals surface area (Å²) in [5.41, 5.74) is 6.06. The van der Waals surface area contributed by atoms with Crippen molar-refractivity contribution in [2.75, 3.05) is 5.32 Å². The van der Waals surface area contributed by atoms with Crippen molar-refractivity contribution in [3.05, 3.63) is 45.7 Å². The minimum absolute atomic E-state index is 0.703. The molecule has 0 atom stereocenters.